The highest BCUT2D eigenvalue weighted by molar-refractivity contribution is 7.89. The molecule has 20 heavy (non-hydrogen) atoms. The van der Waals surface area contributed by atoms with Gasteiger partial charge in [0.05, 0.1) is 4.90 Å². The Morgan fingerprint density at radius 1 is 1.30 bits per heavy atom. The number of rotatable bonds is 5. The fraction of sp³-hybridized carbons (Fsp3) is 0.600. The Morgan fingerprint density at radius 2 is 1.95 bits per heavy atom. The van der Waals surface area contributed by atoms with Crippen molar-refractivity contribution in [1.29, 1.82) is 0 Å². The molecule has 5 heteroatoms. The summed E-state index contributed by atoms with van der Waals surface area (Å²) in [6, 6.07) is 7.16. The molecule has 112 valence electrons. The largest absolute Gasteiger partial charge is 0.329 e. The molecule has 1 aliphatic rings. The lowest BCUT2D eigenvalue weighted by molar-refractivity contribution is 0.399. The van der Waals surface area contributed by atoms with Gasteiger partial charge in [-0.05, 0) is 36.5 Å². The summed E-state index contributed by atoms with van der Waals surface area (Å²) in [5, 5.41) is 0. The zero-order valence-electron chi connectivity index (χ0n) is 12.2. The number of hydrogen-bond donors (Lipinski definition) is 2. The molecule has 0 saturated heterocycles. The van der Waals surface area contributed by atoms with Crippen molar-refractivity contribution >= 4 is 10.0 Å². The summed E-state index contributed by atoms with van der Waals surface area (Å²) in [5.41, 5.74) is 6.38. The Bertz CT molecular complexity index is 561. The maximum Gasteiger partial charge on any atom is 0.241 e. The Labute approximate surface area is 121 Å². The zero-order chi connectivity index (χ0) is 14.8. The minimum absolute atomic E-state index is 0.306. The Kier molecular flexibility index (Phi) is 4.52. The number of sulfonamides is 1. The molecule has 0 radical (unpaired) electrons. The Morgan fingerprint density at radius 3 is 2.50 bits per heavy atom. The molecule has 1 aromatic rings. The third kappa shape index (κ3) is 3.22. The lowest BCUT2D eigenvalue weighted by Crippen LogP contribution is -2.51. The summed E-state index contributed by atoms with van der Waals surface area (Å²) in [6.07, 6.45) is 3.72. The first-order chi connectivity index (χ1) is 9.38. The quantitative estimate of drug-likeness (QED) is 0.876. The summed E-state index contributed by atoms with van der Waals surface area (Å²) in [4.78, 5) is 0.337. The van der Waals surface area contributed by atoms with Gasteiger partial charge in [-0.3, -0.25) is 0 Å². The van der Waals surface area contributed by atoms with Crippen LogP contribution in [-0.2, 0) is 10.0 Å². The first-order valence-electron chi connectivity index (χ1n) is 7.23. The minimum atomic E-state index is -3.50. The monoisotopic (exact) mass is 296 g/mol. The fourth-order valence-corrected chi connectivity index (χ4v) is 4.31. The van der Waals surface area contributed by atoms with Crippen LogP contribution in [0.5, 0.6) is 0 Å². The van der Waals surface area contributed by atoms with Crippen molar-refractivity contribution in [1.82, 2.24) is 4.72 Å². The minimum Gasteiger partial charge on any atom is -0.329 e. The molecule has 0 aliphatic heterocycles. The molecule has 0 atom stereocenters. The molecular formula is C15H24N2O2S. The summed E-state index contributed by atoms with van der Waals surface area (Å²) in [5.74, 6) is 0.306. The normalized spacial score (nSPS) is 18.6. The molecule has 0 bridgehead atoms. The molecule has 2 rings (SSSR count). The van der Waals surface area contributed by atoms with E-state index in [4.69, 9.17) is 5.73 Å². The van der Waals surface area contributed by atoms with Crippen molar-refractivity contribution in [3.05, 3.63) is 29.8 Å². The van der Waals surface area contributed by atoms with E-state index in [0.717, 1.165) is 31.2 Å². The van der Waals surface area contributed by atoms with E-state index in [9.17, 15) is 8.42 Å². The van der Waals surface area contributed by atoms with Crippen LogP contribution >= 0.6 is 0 Å². The predicted octanol–water partition coefficient (Wildman–Crippen LogP) is 2.36. The predicted molar refractivity (Wildman–Crippen MR) is 81.1 cm³/mol. The molecule has 3 N–H and O–H groups in total. The van der Waals surface area contributed by atoms with Crippen molar-refractivity contribution in [2.24, 2.45) is 5.73 Å². The van der Waals surface area contributed by atoms with Gasteiger partial charge in [-0.2, -0.15) is 0 Å². The molecule has 0 spiro atoms. The van der Waals surface area contributed by atoms with E-state index in [1.165, 1.54) is 0 Å². The van der Waals surface area contributed by atoms with Crippen LogP contribution in [0.2, 0.25) is 0 Å². The van der Waals surface area contributed by atoms with Crippen LogP contribution in [-0.4, -0.2) is 20.5 Å². The van der Waals surface area contributed by atoms with Crippen LogP contribution < -0.4 is 10.5 Å². The number of benzene rings is 1. The third-order valence-corrected chi connectivity index (χ3v) is 5.71. The van der Waals surface area contributed by atoms with E-state index in [0.29, 0.717) is 17.4 Å². The second-order valence-corrected chi connectivity index (χ2v) is 7.71. The van der Waals surface area contributed by atoms with Crippen molar-refractivity contribution in [3.63, 3.8) is 0 Å². The highest BCUT2D eigenvalue weighted by Crippen LogP contribution is 2.30. The molecule has 1 aromatic carbocycles. The molecule has 0 heterocycles. The highest BCUT2D eigenvalue weighted by Gasteiger charge is 2.36. The van der Waals surface area contributed by atoms with Gasteiger partial charge in [-0.15, -0.1) is 0 Å². The fourth-order valence-electron chi connectivity index (χ4n) is 2.78. The van der Waals surface area contributed by atoms with Crippen LogP contribution in [0.25, 0.3) is 0 Å². The van der Waals surface area contributed by atoms with Gasteiger partial charge in [0.25, 0.3) is 0 Å². The molecule has 0 aromatic heterocycles. The standard InChI is InChI=1S/C15H24N2O2S/c1-12(2)13-6-5-7-14(10-13)20(18,19)17-15(11-16)8-3-4-9-15/h5-7,10,12,17H,3-4,8-9,11,16H2,1-2H3. The van der Waals surface area contributed by atoms with E-state index in [-0.39, 0.29) is 0 Å². The summed E-state index contributed by atoms with van der Waals surface area (Å²) < 4.78 is 28.0. The smallest absolute Gasteiger partial charge is 0.241 e. The van der Waals surface area contributed by atoms with Gasteiger partial charge in [0.2, 0.25) is 10.0 Å². The summed E-state index contributed by atoms with van der Waals surface area (Å²) in [7, 11) is -3.50. The van der Waals surface area contributed by atoms with E-state index in [1.54, 1.807) is 18.2 Å². The van der Waals surface area contributed by atoms with Gasteiger partial charge >= 0.3 is 0 Å². The molecule has 0 amide bonds. The van der Waals surface area contributed by atoms with E-state index < -0.39 is 15.6 Å². The van der Waals surface area contributed by atoms with Crippen LogP contribution in [0.3, 0.4) is 0 Å². The van der Waals surface area contributed by atoms with Gasteiger partial charge in [0.1, 0.15) is 0 Å². The second kappa shape index (κ2) is 5.84. The average Bonchev–Trinajstić information content (AvgIpc) is 2.87. The van der Waals surface area contributed by atoms with E-state index in [1.807, 2.05) is 6.07 Å². The topological polar surface area (TPSA) is 72.2 Å². The second-order valence-electron chi connectivity index (χ2n) is 6.02. The van der Waals surface area contributed by atoms with Crippen LogP contribution in [0, 0.1) is 0 Å². The molecule has 1 aliphatic carbocycles. The number of hydrogen-bond acceptors (Lipinski definition) is 3. The van der Waals surface area contributed by atoms with Gasteiger partial charge in [-0.25, -0.2) is 13.1 Å². The Balaban J connectivity index is 2.28. The van der Waals surface area contributed by atoms with Crippen molar-refractivity contribution in [2.45, 2.75) is 55.9 Å². The maximum absolute atomic E-state index is 12.6. The Hall–Kier alpha value is -0.910. The highest BCUT2D eigenvalue weighted by atomic mass is 32.2. The third-order valence-electron chi connectivity index (χ3n) is 4.14. The maximum atomic E-state index is 12.6. The van der Waals surface area contributed by atoms with Gasteiger partial charge in [0.15, 0.2) is 0 Å². The first kappa shape index (κ1) is 15.5. The average molecular weight is 296 g/mol. The van der Waals surface area contributed by atoms with Crippen LogP contribution in [0.1, 0.15) is 51.0 Å². The SMILES string of the molecule is CC(C)c1cccc(S(=O)(=O)NC2(CN)CCCC2)c1. The first-order valence-corrected chi connectivity index (χ1v) is 8.71. The van der Waals surface area contributed by atoms with Crippen LogP contribution in [0.4, 0.5) is 0 Å². The number of nitrogens with two attached hydrogens (primary N) is 1. The van der Waals surface area contributed by atoms with Gasteiger partial charge in [-0.1, -0.05) is 38.8 Å². The molecule has 1 saturated carbocycles. The molecule has 0 unspecified atom stereocenters. The van der Waals surface area contributed by atoms with Crippen molar-refractivity contribution in [2.75, 3.05) is 6.54 Å². The van der Waals surface area contributed by atoms with Crippen molar-refractivity contribution < 1.29 is 8.42 Å². The van der Waals surface area contributed by atoms with Gasteiger partial charge < -0.3 is 5.73 Å². The summed E-state index contributed by atoms with van der Waals surface area (Å²) >= 11 is 0. The van der Waals surface area contributed by atoms with E-state index >= 15 is 0 Å². The summed E-state index contributed by atoms with van der Waals surface area (Å²) in [6.45, 7) is 4.46. The molecule has 4 nitrogen and oxygen atoms in total. The lowest BCUT2D eigenvalue weighted by atomic mass is 10.0. The van der Waals surface area contributed by atoms with E-state index in [2.05, 4.69) is 18.6 Å². The van der Waals surface area contributed by atoms with Crippen LogP contribution in [0.15, 0.2) is 29.2 Å². The molecule has 1 fully saturated rings. The van der Waals surface area contributed by atoms with Gasteiger partial charge in [0, 0.05) is 12.1 Å². The lowest BCUT2D eigenvalue weighted by Gasteiger charge is -2.28. The zero-order valence-corrected chi connectivity index (χ0v) is 13.0. The molecular weight excluding hydrogens is 272 g/mol. The number of nitrogens with one attached hydrogen (secondary N) is 1. The van der Waals surface area contributed by atoms with Crippen molar-refractivity contribution in [3.8, 4) is 0 Å².